The van der Waals surface area contributed by atoms with Crippen LogP contribution >= 0.6 is 22.7 Å². The minimum atomic E-state index is -0.596. The van der Waals surface area contributed by atoms with Crippen molar-refractivity contribution in [2.24, 2.45) is 17.6 Å². The fourth-order valence-corrected chi connectivity index (χ4v) is 8.43. The van der Waals surface area contributed by atoms with E-state index in [-0.39, 0.29) is 5.54 Å². The summed E-state index contributed by atoms with van der Waals surface area (Å²) in [6.45, 7) is 22.7. The van der Waals surface area contributed by atoms with E-state index in [1.54, 1.807) is 40.6 Å². The fourth-order valence-electron chi connectivity index (χ4n) is 6.77. The Kier molecular flexibility index (Phi) is 13.8. The molecule has 14 heteroatoms. The summed E-state index contributed by atoms with van der Waals surface area (Å²) in [4.78, 5) is 38.9. The van der Waals surface area contributed by atoms with E-state index < -0.39 is 17.2 Å². The van der Waals surface area contributed by atoms with E-state index >= 15 is 0 Å². The molecule has 4 heterocycles. The van der Waals surface area contributed by atoms with Crippen molar-refractivity contribution >= 4 is 49.2 Å². The molecule has 0 fully saturated rings. The van der Waals surface area contributed by atoms with Gasteiger partial charge in [-0.2, -0.15) is 0 Å². The summed E-state index contributed by atoms with van der Waals surface area (Å²) >= 11 is 3.14. The van der Waals surface area contributed by atoms with Crippen LogP contribution in [0.5, 0.6) is 11.5 Å². The predicted octanol–water partition coefficient (Wildman–Crippen LogP) is 9.97. The van der Waals surface area contributed by atoms with Gasteiger partial charge in [0, 0.05) is 29.1 Å². The van der Waals surface area contributed by atoms with Gasteiger partial charge in [0.2, 0.25) is 0 Å². The van der Waals surface area contributed by atoms with Gasteiger partial charge in [-0.15, -0.1) is 22.7 Å². The Balaban J connectivity index is 0.000000224. The average molecular weight is 813 g/mol. The predicted molar refractivity (Wildman–Crippen MR) is 231 cm³/mol. The number of aromatic nitrogens is 6. The summed E-state index contributed by atoms with van der Waals surface area (Å²) in [7, 11) is 0. The second-order valence-corrected chi connectivity index (χ2v) is 18.6. The molecular weight excluding hydrogens is 757 g/mol. The van der Waals surface area contributed by atoms with Crippen LogP contribution in [0.2, 0.25) is 0 Å². The second kappa shape index (κ2) is 18.2. The Bertz CT molecular complexity index is 2280. The molecule has 1 amide bonds. The smallest absolute Gasteiger partial charge is 0.408 e. The Labute approximate surface area is 344 Å². The van der Waals surface area contributed by atoms with Crippen LogP contribution in [0.15, 0.2) is 59.8 Å². The van der Waals surface area contributed by atoms with E-state index in [4.69, 9.17) is 19.9 Å². The van der Waals surface area contributed by atoms with Crippen molar-refractivity contribution in [3.63, 3.8) is 0 Å². The highest BCUT2D eigenvalue weighted by Crippen LogP contribution is 2.37. The van der Waals surface area contributed by atoms with E-state index in [0.29, 0.717) is 30.8 Å². The van der Waals surface area contributed by atoms with Gasteiger partial charge in [0.25, 0.3) is 0 Å². The minimum Gasteiger partial charge on any atom is -0.489 e. The highest BCUT2D eigenvalue weighted by molar-refractivity contribution is 7.17. The summed E-state index contributed by atoms with van der Waals surface area (Å²) in [5, 5.41) is 3.02. The molecule has 6 rings (SSSR count). The Morgan fingerprint density at radius 3 is 1.61 bits per heavy atom. The minimum absolute atomic E-state index is 0.295. The number of alkyl carbamates (subject to hydrolysis) is 1. The second-order valence-electron chi connectivity index (χ2n) is 16.9. The van der Waals surface area contributed by atoms with Crippen molar-refractivity contribution in [2.45, 2.75) is 106 Å². The van der Waals surface area contributed by atoms with Gasteiger partial charge in [-0.05, 0) is 110 Å². The van der Waals surface area contributed by atoms with Crippen molar-refractivity contribution in [1.29, 1.82) is 0 Å². The number of benzene rings is 2. The van der Waals surface area contributed by atoms with Crippen LogP contribution in [0, 0.1) is 25.7 Å². The number of carbonyl (C=O) groups excluding carboxylic acids is 1. The van der Waals surface area contributed by atoms with Gasteiger partial charge in [0.1, 0.15) is 53.0 Å². The molecule has 0 unspecified atom stereocenters. The Hall–Kier alpha value is -4.79. The summed E-state index contributed by atoms with van der Waals surface area (Å²) in [6, 6.07) is 11.7. The first-order valence-electron chi connectivity index (χ1n) is 19.2. The number of nitrogens with zero attached hydrogens (tertiary/aromatic N) is 6. The van der Waals surface area contributed by atoms with Gasteiger partial charge >= 0.3 is 6.09 Å². The molecular formula is C43H56N8O4S2. The highest BCUT2D eigenvalue weighted by Gasteiger charge is 2.31. The molecule has 0 radical (unpaired) electrons. The lowest BCUT2D eigenvalue weighted by atomic mass is 9.91. The Morgan fingerprint density at radius 2 is 1.18 bits per heavy atom. The molecule has 2 aromatic carbocycles. The van der Waals surface area contributed by atoms with Crippen LogP contribution in [0.4, 0.5) is 4.79 Å². The van der Waals surface area contributed by atoms with Crippen LogP contribution in [0.3, 0.4) is 0 Å². The zero-order valence-corrected chi connectivity index (χ0v) is 36.6. The summed E-state index contributed by atoms with van der Waals surface area (Å²) in [5.41, 5.74) is 13.9. The molecule has 304 valence electrons. The summed E-state index contributed by atoms with van der Waals surface area (Å²) < 4.78 is 19.8. The topological polar surface area (TPSA) is 160 Å². The number of thiazole rings is 2. The van der Waals surface area contributed by atoms with Crippen molar-refractivity contribution in [3.05, 3.63) is 71.5 Å². The number of carbonyl (C=O) groups is 1. The zero-order valence-electron chi connectivity index (χ0n) is 35.0. The number of nitrogens with two attached hydrogens (primary N) is 1. The summed E-state index contributed by atoms with van der Waals surface area (Å²) in [5.74, 6) is 3.81. The van der Waals surface area contributed by atoms with Crippen LogP contribution in [-0.4, -0.2) is 65.9 Å². The molecule has 0 bridgehead atoms. The molecule has 57 heavy (non-hydrogen) atoms. The molecule has 0 saturated heterocycles. The molecule has 12 nitrogen and oxygen atoms in total. The van der Waals surface area contributed by atoms with Gasteiger partial charge in [0.15, 0.2) is 0 Å². The molecule has 4 aromatic heterocycles. The molecule has 6 aromatic rings. The molecule has 0 aliphatic heterocycles. The van der Waals surface area contributed by atoms with Gasteiger partial charge in [-0.1, -0.05) is 27.7 Å². The number of ether oxygens (including phenoxy) is 3. The number of fused-ring (bicyclic) bond motifs is 2. The van der Waals surface area contributed by atoms with Crippen LogP contribution in [0.1, 0.15) is 86.8 Å². The maximum Gasteiger partial charge on any atom is 0.408 e. The largest absolute Gasteiger partial charge is 0.489 e. The fraction of sp³-hybridized carbons (Fsp3) is 0.465. The van der Waals surface area contributed by atoms with E-state index in [1.807, 2.05) is 90.4 Å². The number of nitrogens with one attached hydrogen (secondary N) is 1. The lowest BCUT2D eigenvalue weighted by Crippen LogP contribution is -2.52. The SMILES string of the molecule is Cc1nccc(-c2ccc(OC[C@@](C)(N)CC(C)C)c3ncsc23)n1.Cc1nccc(-c2ccc(OC[C@](C)(CC(C)C)NC(=O)OC(C)(C)C)c3ncsc23)n1. The lowest BCUT2D eigenvalue weighted by molar-refractivity contribution is 0.0408. The first-order chi connectivity index (χ1) is 26.8. The maximum absolute atomic E-state index is 12.5. The third-order valence-corrected chi connectivity index (χ3v) is 10.4. The molecule has 0 saturated carbocycles. The van der Waals surface area contributed by atoms with Crippen LogP contribution in [0.25, 0.3) is 42.9 Å². The standard InChI is InChI=1S/C24H32N4O3S.C19H24N4OS/c1-15(2)12-24(7,28-22(29)31-23(4,5)6)13-30-19-9-8-17(21-20(19)26-14-32-21)18-10-11-25-16(3)27-18;1-12(2)9-19(4,20)10-24-16-6-5-14(18-17(16)22-11-25-18)15-7-8-21-13(3)23-15/h8-11,14-15H,12-13H2,1-7H3,(H,28,29);5-8,11-12H,9-10,20H2,1-4H3/t24-;19-/m00/s1. The van der Waals surface area contributed by atoms with Gasteiger partial charge in [0.05, 0.1) is 37.3 Å². The maximum atomic E-state index is 12.5. The molecule has 3 N–H and O–H groups in total. The molecule has 2 atom stereocenters. The third-order valence-electron chi connectivity index (χ3n) is 8.64. The zero-order chi connectivity index (χ0) is 41.5. The first-order valence-corrected chi connectivity index (χ1v) is 21.0. The number of aryl methyl sites for hydroxylation is 2. The number of amides is 1. The van der Waals surface area contributed by atoms with Crippen molar-refractivity contribution in [1.82, 2.24) is 35.2 Å². The molecule has 0 aliphatic rings. The first kappa shape index (κ1) is 43.3. The van der Waals surface area contributed by atoms with Crippen LogP contribution < -0.4 is 20.5 Å². The van der Waals surface area contributed by atoms with Crippen molar-refractivity contribution in [3.8, 4) is 34.0 Å². The number of rotatable bonds is 13. The van der Waals surface area contributed by atoms with Gasteiger partial charge in [-0.25, -0.2) is 34.7 Å². The Morgan fingerprint density at radius 1 is 0.702 bits per heavy atom. The monoisotopic (exact) mass is 812 g/mol. The van der Waals surface area contributed by atoms with E-state index in [2.05, 4.69) is 62.9 Å². The van der Waals surface area contributed by atoms with E-state index in [9.17, 15) is 4.79 Å². The van der Waals surface area contributed by atoms with Crippen LogP contribution in [-0.2, 0) is 4.74 Å². The van der Waals surface area contributed by atoms with E-state index in [0.717, 1.165) is 73.2 Å². The third kappa shape index (κ3) is 12.1. The average Bonchev–Trinajstić information content (AvgIpc) is 3.79. The highest BCUT2D eigenvalue weighted by atomic mass is 32.1. The molecule has 0 spiro atoms. The van der Waals surface area contributed by atoms with E-state index in [1.165, 1.54) is 0 Å². The van der Waals surface area contributed by atoms with Gasteiger partial charge < -0.3 is 25.3 Å². The quantitative estimate of drug-likeness (QED) is 0.114. The summed E-state index contributed by atoms with van der Waals surface area (Å²) in [6.07, 6.45) is 4.74. The van der Waals surface area contributed by atoms with Gasteiger partial charge in [-0.3, -0.25) is 0 Å². The number of hydrogen-bond acceptors (Lipinski definition) is 13. The number of hydrogen-bond donors (Lipinski definition) is 2. The van der Waals surface area contributed by atoms with Crippen molar-refractivity contribution < 1.29 is 19.0 Å². The normalized spacial score (nSPS) is 13.9. The van der Waals surface area contributed by atoms with Crippen molar-refractivity contribution in [2.75, 3.05) is 13.2 Å². The lowest BCUT2D eigenvalue weighted by Gasteiger charge is -2.33. The molecule has 0 aliphatic carbocycles.